The predicted octanol–water partition coefficient (Wildman–Crippen LogP) is 2.13. The Bertz CT molecular complexity index is 772. The highest BCUT2D eigenvalue weighted by atomic mass is 16.2. The summed E-state index contributed by atoms with van der Waals surface area (Å²) in [7, 11) is 0. The van der Waals surface area contributed by atoms with Gasteiger partial charge in [0.15, 0.2) is 0 Å². The zero-order valence-electron chi connectivity index (χ0n) is 15.7. The number of hydrogen-bond donors (Lipinski definition) is 1. The molecule has 2 aliphatic rings. The number of anilines is 2. The highest BCUT2D eigenvalue weighted by molar-refractivity contribution is 5.96. The Morgan fingerprint density at radius 2 is 1.88 bits per heavy atom. The van der Waals surface area contributed by atoms with Gasteiger partial charge in [-0.3, -0.25) is 14.8 Å². The summed E-state index contributed by atoms with van der Waals surface area (Å²) in [6.45, 7) is 9.14. The summed E-state index contributed by atoms with van der Waals surface area (Å²) >= 11 is 0. The van der Waals surface area contributed by atoms with Gasteiger partial charge in [0, 0.05) is 38.4 Å². The second kappa shape index (κ2) is 7.11. The number of rotatable bonds is 3. The molecule has 26 heavy (non-hydrogen) atoms. The van der Waals surface area contributed by atoms with E-state index in [1.165, 1.54) is 11.3 Å². The maximum absolute atomic E-state index is 12.9. The molecule has 1 aromatic carbocycles. The van der Waals surface area contributed by atoms with E-state index in [1.54, 1.807) is 0 Å². The number of piperazine rings is 1. The molecule has 0 aliphatic carbocycles. The van der Waals surface area contributed by atoms with E-state index in [0.29, 0.717) is 6.54 Å². The Hall–Kier alpha value is -2.34. The van der Waals surface area contributed by atoms with Crippen molar-refractivity contribution in [3.05, 3.63) is 41.2 Å². The normalized spacial score (nSPS) is 18.1. The number of para-hydroxylation sites is 1. The molecule has 3 heterocycles. The number of H-pyrrole nitrogens is 1. The standard InChI is InChI=1S/C20H27N5O/c1-15-20(16(2)22-21-15)24-12-10-23(11-13-24)14-19(26)25-9-5-7-17-6-3-4-8-18(17)25/h3-4,6,8H,5,7,9-14H2,1-2H3,(H,21,22). The van der Waals surface area contributed by atoms with Crippen LogP contribution in [0.25, 0.3) is 0 Å². The molecule has 0 unspecified atom stereocenters. The number of amides is 1. The number of nitrogens with zero attached hydrogens (tertiary/aromatic N) is 4. The third-order valence-corrected chi connectivity index (χ3v) is 5.55. The van der Waals surface area contributed by atoms with Crippen molar-refractivity contribution in [1.82, 2.24) is 15.1 Å². The number of fused-ring (bicyclic) bond motifs is 1. The highest BCUT2D eigenvalue weighted by Crippen LogP contribution is 2.27. The molecule has 1 amide bonds. The molecule has 1 fully saturated rings. The lowest BCUT2D eigenvalue weighted by Crippen LogP contribution is -2.51. The largest absolute Gasteiger partial charge is 0.366 e. The number of nitrogens with one attached hydrogen (secondary N) is 1. The Balaban J connectivity index is 1.37. The molecule has 1 aromatic heterocycles. The number of hydrogen-bond acceptors (Lipinski definition) is 4. The average Bonchev–Trinajstić information content (AvgIpc) is 3.00. The Morgan fingerprint density at radius 3 is 2.62 bits per heavy atom. The average molecular weight is 353 g/mol. The minimum Gasteiger partial charge on any atom is -0.366 e. The van der Waals surface area contributed by atoms with E-state index in [1.807, 2.05) is 17.9 Å². The predicted molar refractivity (Wildman–Crippen MR) is 104 cm³/mol. The molecule has 1 N–H and O–H groups in total. The van der Waals surface area contributed by atoms with Gasteiger partial charge in [-0.15, -0.1) is 0 Å². The van der Waals surface area contributed by atoms with Crippen LogP contribution in [0.1, 0.15) is 23.4 Å². The van der Waals surface area contributed by atoms with Crippen LogP contribution in [0.3, 0.4) is 0 Å². The van der Waals surface area contributed by atoms with E-state index in [-0.39, 0.29) is 5.91 Å². The quantitative estimate of drug-likeness (QED) is 0.918. The first-order chi connectivity index (χ1) is 12.6. The third-order valence-electron chi connectivity index (χ3n) is 5.55. The van der Waals surface area contributed by atoms with Gasteiger partial charge in [-0.05, 0) is 38.3 Å². The Kier molecular flexibility index (Phi) is 4.68. The van der Waals surface area contributed by atoms with E-state index in [2.05, 4.69) is 45.1 Å². The fourth-order valence-corrected chi connectivity index (χ4v) is 4.21. The minimum absolute atomic E-state index is 0.223. The van der Waals surface area contributed by atoms with Crippen molar-refractivity contribution in [3.8, 4) is 0 Å². The Labute approximate surface area is 154 Å². The van der Waals surface area contributed by atoms with Gasteiger partial charge in [0.05, 0.1) is 23.6 Å². The number of carbonyl (C=O) groups is 1. The fourth-order valence-electron chi connectivity index (χ4n) is 4.21. The maximum Gasteiger partial charge on any atom is 0.241 e. The molecule has 6 heteroatoms. The lowest BCUT2D eigenvalue weighted by atomic mass is 10.0. The molecule has 1 saturated heterocycles. The minimum atomic E-state index is 0.223. The SMILES string of the molecule is Cc1n[nH]c(C)c1N1CCN(CC(=O)N2CCCc3ccccc32)CC1. The van der Waals surface area contributed by atoms with Crippen LogP contribution in [0.5, 0.6) is 0 Å². The molecule has 138 valence electrons. The molecule has 0 bridgehead atoms. The number of aromatic nitrogens is 2. The molecular weight excluding hydrogens is 326 g/mol. The molecular formula is C20H27N5O. The van der Waals surface area contributed by atoms with Crippen molar-refractivity contribution in [2.45, 2.75) is 26.7 Å². The van der Waals surface area contributed by atoms with E-state index in [0.717, 1.165) is 62.6 Å². The van der Waals surface area contributed by atoms with Crippen LogP contribution >= 0.6 is 0 Å². The first kappa shape index (κ1) is 17.1. The van der Waals surface area contributed by atoms with E-state index in [4.69, 9.17) is 0 Å². The smallest absolute Gasteiger partial charge is 0.241 e. The molecule has 2 aromatic rings. The summed E-state index contributed by atoms with van der Waals surface area (Å²) in [5.74, 6) is 0.223. The topological polar surface area (TPSA) is 55.5 Å². The molecule has 0 radical (unpaired) electrons. The third kappa shape index (κ3) is 3.21. The highest BCUT2D eigenvalue weighted by Gasteiger charge is 2.26. The van der Waals surface area contributed by atoms with Crippen molar-refractivity contribution in [3.63, 3.8) is 0 Å². The van der Waals surface area contributed by atoms with Crippen molar-refractivity contribution < 1.29 is 4.79 Å². The number of aryl methyl sites for hydroxylation is 3. The van der Waals surface area contributed by atoms with Gasteiger partial charge < -0.3 is 9.80 Å². The lowest BCUT2D eigenvalue weighted by molar-refractivity contribution is -0.119. The second-order valence-corrected chi connectivity index (χ2v) is 7.32. The van der Waals surface area contributed by atoms with Crippen LogP contribution in [-0.2, 0) is 11.2 Å². The first-order valence-electron chi connectivity index (χ1n) is 9.50. The van der Waals surface area contributed by atoms with Crippen molar-refractivity contribution in [2.75, 3.05) is 49.1 Å². The van der Waals surface area contributed by atoms with Gasteiger partial charge in [-0.1, -0.05) is 18.2 Å². The first-order valence-corrected chi connectivity index (χ1v) is 9.50. The van der Waals surface area contributed by atoms with Crippen LogP contribution in [0.4, 0.5) is 11.4 Å². The van der Waals surface area contributed by atoms with Gasteiger partial charge in [0.1, 0.15) is 0 Å². The summed E-state index contributed by atoms with van der Waals surface area (Å²) in [6, 6.07) is 8.31. The maximum atomic E-state index is 12.9. The second-order valence-electron chi connectivity index (χ2n) is 7.32. The summed E-state index contributed by atoms with van der Waals surface area (Å²) in [6.07, 6.45) is 2.12. The fraction of sp³-hybridized carbons (Fsp3) is 0.500. The summed E-state index contributed by atoms with van der Waals surface area (Å²) in [4.78, 5) is 19.5. The van der Waals surface area contributed by atoms with Gasteiger partial charge in [-0.2, -0.15) is 5.10 Å². The number of carbonyl (C=O) groups excluding carboxylic acids is 1. The van der Waals surface area contributed by atoms with Crippen LogP contribution in [0, 0.1) is 13.8 Å². The van der Waals surface area contributed by atoms with Crippen LogP contribution < -0.4 is 9.80 Å². The Morgan fingerprint density at radius 1 is 1.12 bits per heavy atom. The zero-order chi connectivity index (χ0) is 18.1. The van der Waals surface area contributed by atoms with Gasteiger partial charge in [0.2, 0.25) is 5.91 Å². The summed E-state index contributed by atoms with van der Waals surface area (Å²) < 4.78 is 0. The lowest BCUT2D eigenvalue weighted by Gasteiger charge is -2.37. The summed E-state index contributed by atoms with van der Waals surface area (Å²) in [5.41, 5.74) is 5.80. The van der Waals surface area contributed by atoms with E-state index in [9.17, 15) is 4.79 Å². The monoisotopic (exact) mass is 353 g/mol. The molecule has 0 saturated carbocycles. The number of aromatic amines is 1. The van der Waals surface area contributed by atoms with Crippen LogP contribution in [0.2, 0.25) is 0 Å². The molecule has 2 aliphatic heterocycles. The van der Waals surface area contributed by atoms with Crippen molar-refractivity contribution in [1.29, 1.82) is 0 Å². The van der Waals surface area contributed by atoms with Crippen LogP contribution in [0.15, 0.2) is 24.3 Å². The van der Waals surface area contributed by atoms with Crippen molar-refractivity contribution in [2.24, 2.45) is 0 Å². The molecule has 0 atom stereocenters. The van der Waals surface area contributed by atoms with Gasteiger partial charge >= 0.3 is 0 Å². The van der Waals surface area contributed by atoms with Gasteiger partial charge in [0.25, 0.3) is 0 Å². The van der Waals surface area contributed by atoms with Gasteiger partial charge in [-0.25, -0.2) is 0 Å². The van der Waals surface area contributed by atoms with E-state index >= 15 is 0 Å². The summed E-state index contributed by atoms with van der Waals surface area (Å²) in [5, 5.41) is 7.36. The zero-order valence-corrected chi connectivity index (χ0v) is 15.7. The molecule has 6 nitrogen and oxygen atoms in total. The van der Waals surface area contributed by atoms with Crippen LogP contribution in [-0.4, -0.2) is 60.3 Å². The molecule has 0 spiro atoms. The van der Waals surface area contributed by atoms with Crippen molar-refractivity contribution >= 4 is 17.3 Å². The molecule has 4 rings (SSSR count). The number of benzene rings is 1. The van der Waals surface area contributed by atoms with E-state index < -0.39 is 0 Å².